The number of aryl methyl sites for hydroxylation is 1. The van der Waals surface area contributed by atoms with Gasteiger partial charge in [0.05, 0.1) is 17.1 Å². The van der Waals surface area contributed by atoms with Crippen LogP contribution in [-0.2, 0) is 6.54 Å². The molecule has 2 unspecified atom stereocenters. The highest BCUT2D eigenvalue weighted by Gasteiger charge is 2.29. The minimum Gasteiger partial charge on any atom is -0.327 e. The molecule has 3 nitrogen and oxygen atoms in total. The van der Waals surface area contributed by atoms with E-state index in [1.807, 2.05) is 6.07 Å². The zero-order valence-corrected chi connectivity index (χ0v) is 10.4. The number of aromatic nitrogens is 2. The summed E-state index contributed by atoms with van der Waals surface area (Å²) >= 11 is 0. The van der Waals surface area contributed by atoms with Crippen molar-refractivity contribution in [3.8, 4) is 0 Å². The molecule has 17 heavy (non-hydrogen) atoms. The smallest absolute Gasteiger partial charge is 0.127 e. The van der Waals surface area contributed by atoms with E-state index in [0.717, 1.165) is 17.9 Å². The van der Waals surface area contributed by atoms with Crippen LogP contribution in [0.5, 0.6) is 0 Å². The molecule has 3 atom stereocenters. The Balaban J connectivity index is 2.19. The van der Waals surface area contributed by atoms with E-state index in [-0.39, 0.29) is 6.04 Å². The van der Waals surface area contributed by atoms with E-state index in [1.165, 1.54) is 11.9 Å². The summed E-state index contributed by atoms with van der Waals surface area (Å²) in [6.07, 6.45) is 1.18. The second kappa shape index (κ2) is 3.84. The molecule has 0 radical (unpaired) electrons. The van der Waals surface area contributed by atoms with Crippen molar-refractivity contribution in [3.63, 3.8) is 0 Å². The van der Waals surface area contributed by atoms with Crippen molar-refractivity contribution in [1.82, 2.24) is 9.55 Å². The molecular weight excluding hydrogens is 210 g/mol. The van der Waals surface area contributed by atoms with Crippen LogP contribution in [0, 0.1) is 11.8 Å². The topological polar surface area (TPSA) is 43.8 Å². The predicted molar refractivity (Wildman–Crippen MR) is 69.6 cm³/mol. The van der Waals surface area contributed by atoms with E-state index < -0.39 is 0 Å². The lowest BCUT2D eigenvalue weighted by molar-refractivity contribution is 0.322. The average molecular weight is 229 g/mol. The van der Waals surface area contributed by atoms with Crippen molar-refractivity contribution in [2.24, 2.45) is 17.6 Å². The lowest BCUT2D eigenvalue weighted by Crippen LogP contribution is -2.24. The first-order valence-electron chi connectivity index (χ1n) is 6.39. The molecule has 1 aromatic heterocycles. The number of nitrogens with zero attached hydrogens (tertiary/aromatic N) is 2. The molecule has 0 fully saturated rings. The fraction of sp³-hybridized carbons (Fsp3) is 0.500. The fourth-order valence-electron chi connectivity index (χ4n) is 2.77. The van der Waals surface area contributed by atoms with Gasteiger partial charge in [0, 0.05) is 6.54 Å². The number of nitrogens with two attached hydrogens (primary N) is 1. The Labute approximate surface area is 102 Å². The van der Waals surface area contributed by atoms with Gasteiger partial charge in [-0.3, -0.25) is 0 Å². The van der Waals surface area contributed by atoms with Gasteiger partial charge in [-0.2, -0.15) is 0 Å². The van der Waals surface area contributed by atoms with Crippen LogP contribution in [0.15, 0.2) is 24.3 Å². The Morgan fingerprint density at radius 3 is 2.88 bits per heavy atom. The molecule has 1 aliphatic rings. The van der Waals surface area contributed by atoms with Crippen molar-refractivity contribution in [3.05, 3.63) is 30.1 Å². The van der Waals surface area contributed by atoms with Gasteiger partial charge in [0.15, 0.2) is 0 Å². The highest BCUT2D eigenvalue weighted by molar-refractivity contribution is 5.76. The molecule has 2 aromatic rings. The van der Waals surface area contributed by atoms with Gasteiger partial charge in [-0.05, 0) is 30.4 Å². The highest BCUT2D eigenvalue weighted by atomic mass is 15.1. The van der Waals surface area contributed by atoms with E-state index in [9.17, 15) is 0 Å². The van der Waals surface area contributed by atoms with Gasteiger partial charge >= 0.3 is 0 Å². The third kappa shape index (κ3) is 1.57. The Bertz CT molecular complexity index is 543. The first kappa shape index (κ1) is 10.8. The molecule has 1 aromatic carbocycles. The van der Waals surface area contributed by atoms with Crippen LogP contribution in [0.4, 0.5) is 0 Å². The maximum absolute atomic E-state index is 6.36. The van der Waals surface area contributed by atoms with Gasteiger partial charge in [-0.1, -0.05) is 26.0 Å². The standard InChI is InChI=1S/C14H19N3/c1-9-7-8-17-12-6-4-3-5-11(12)16-14(17)13(15)10(9)2/h3-6,9-10,13H,7-8,15H2,1-2H3/t9?,10?,13-/m0/s1. The number of imidazole rings is 1. The average Bonchev–Trinajstić information content (AvgIpc) is 2.68. The third-order valence-corrected chi connectivity index (χ3v) is 4.25. The maximum Gasteiger partial charge on any atom is 0.127 e. The molecule has 1 aliphatic heterocycles. The van der Waals surface area contributed by atoms with Gasteiger partial charge in [0.2, 0.25) is 0 Å². The maximum atomic E-state index is 6.36. The molecule has 0 amide bonds. The third-order valence-electron chi connectivity index (χ3n) is 4.25. The van der Waals surface area contributed by atoms with Crippen molar-refractivity contribution in [2.75, 3.05) is 0 Å². The summed E-state index contributed by atoms with van der Waals surface area (Å²) in [5.74, 6) is 2.21. The Morgan fingerprint density at radius 1 is 1.29 bits per heavy atom. The number of hydrogen-bond donors (Lipinski definition) is 1. The van der Waals surface area contributed by atoms with Crippen LogP contribution >= 0.6 is 0 Å². The molecule has 2 N–H and O–H groups in total. The van der Waals surface area contributed by atoms with E-state index in [4.69, 9.17) is 10.7 Å². The van der Waals surface area contributed by atoms with Crippen molar-refractivity contribution in [1.29, 1.82) is 0 Å². The van der Waals surface area contributed by atoms with E-state index in [1.54, 1.807) is 0 Å². The number of fused-ring (bicyclic) bond motifs is 3. The van der Waals surface area contributed by atoms with Crippen LogP contribution in [0.25, 0.3) is 11.0 Å². The zero-order chi connectivity index (χ0) is 12.0. The first-order chi connectivity index (χ1) is 8.18. The molecule has 3 heteroatoms. The highest BCUT2D eigenvalue weighted by Crippen LogP contribution is 2.33. The van der Waals surface area contributed by atoms with Gasteiger partial charge in [0.25, 0.3) is 0 Å². The predicted octanol–water partition coefficient (Wildman–Crippen LogP) is 2.71. The van der Waals surface area contributed by atoms with Crippen molar-refractivity contribution >= 4 is 11.0 Å². The van der Waals surface area contributed by atoms with Gasteiger partial charge in [-0.15, -0.1) is 0 Å². The number of para-hydroxylation sites is 2. The minimum absolute atomic E-state index is 0.0555. The fourth-order valence-corrected chi connectivity index (χ4v) is 2.77. The lowest BCUT2D eigenvalue weighted by Gasteiger charge is -2.21. The second-order valence-electron chi connectivity index (χ2n) is 5.26. The first-order valence-corrected chi connectivity index (χ1v) is 6.39. The summed E-state index contributed by atoms with van der Waals surface area (Å²) in [4.78, 5) is 4.72. The number of benzene rings is 1. The van der Waals surface area contributed by atoms with Crippen LogP contribution in [0.1, 0.15) is 32.1 Å². The molecule has 0 saturated heterocycles. The molecule has 0 aliphatic carbocycles. The van der Waals surface area contributed by atoms with Gasteiger partial charge in [0.1, 0.15) is 5.82 Å². The molecule has 0 spiro atoms. The molecule has 0 saturated carbocycles. The summed E-state index contributed by atoms with van der Waals surface area (Å²) in [5, 5.41) is 0. The van der Waals surface area contributed by atoms with Crippen LogP contribution in [0.3, 0.4) is 0 Å². The van der Waals surface area contributed by atoms with Crippen molar-refractivity contribution < 1.29 is 0 Å². The quantitative estimate of drug-likeness (QED) is 0.755. The molecule has 3 rings (SSSR count). The van der Waals surface area contributed by atoms with Crippen LogP contribution in [0.2, 0.25) is 0 Å². The van der Waals surface area contributed by atoms with E-state index in [0.29, 0.717) is 11.8 Å². The molecule has 90 valence electrons. The van der Waals surface area contributed by atoms with Crippen molar-refractivity contribution in [2.45, 2.75) is 32.9 Å². The Morgan fingerprint density at radius 2 is 2.06 bits per heavy atom. The van der Waals surface area contributed by atoms with E-state index >= 15 is 0 Å². The van der Waals surface area contributed by atoms with Crippen LogP contribution < -0.4 is 5.73 Å². The summed E-state index contributed by atoms with van der Waals surface area (Å²) < 4.78 is 2.31. The summed E-state index contributed by atoms with van der Waals surface area (Å²) in [5.41, 5.74) is 8.65. The monoisotopic (exact) mass is 229 g/mol. The normalized spacial score (nSPS) is 29.0. The van der Waals surface area contributed by atoms with Gasteiger partial charge < -0.3 is 10.3 Å². The molecule has 2 heterocycles. The SMILES string of the molecule is CC1CCn2c(nc3ccccc32)[C@@H](N)C1C. The minimum atomic E-state index is 0.0555. The number of rotatable bonds is 0. The Kier molecular flexibility index (Phi) is 2.44. The molecule has 0 bridgehead atoms. The summed E-state index contributed by atoms with van der Waals surface area (Å²) in [6, 6.07) is 8.37. The Hall–Kier alpha value is -1.35. The molecular formula is C14H19N3. The second-order valence-corrected chi connectivity index (χ2v) is 5.26. The lowest BCUT2D eigenvalue weighted by atomic mass is 9.88. The summed E-state index contributed by atoms with van der Waals surface area (Å²) in [7, 11) is 0. The largest absolute Gasteiger partial charge is 0.327 e. The summed E-state index contributed by atoms with van der Waals surface area (Å²) in [6.45, 7) is 5.57. The zero-order valence-electron chi connectivity index (χ0n) is 10.4. The van der Waals surface area contributed by atoms with Gasteiger partial charge in [-0.25, -0.2) is 4.98 Å². The van der Waals surface area contributed by atoms with E-state index in [2.05, 4.69) is 36.6 Å². The van der Waals surface area contributed by atoms with Crippen LogP contribution in [-0.4, -0.2) is 9.55 Å². The number of hydrogen-bond acceptors (Lipinski definition) is 2.